The summed E-state index contributed by atoms with van der Waals surface area (Å²) in [7, 11) is 0. The van der Waals surface area contributed by atoms with E-state index in [-0.39, 0.29) is 17.7 Å². The highest BCUT2D eigenvalue weighted by Gasteiger charge is 2.49. The molecule has 1 aliphatic heterocycles. The lowest BCUT2D eigenvalue weighted by atomic mass is 9.76. The summed E-state index contributed by atoms with van der Waals surface area (Å²) in [4.78, 5) is 23.5. The number of nitrogens with one attached hydrogen (secondary N) is 1. The minimum Gasteiger partial charge on any atom is -0.295 e. The van der Waals surface area contributed by atoms with Gasteiger partial charge in [0.1, 0.15) is 0 Å². The van der Waals surface area contributed by atoms with Gasteiger partial charge >= 0.3 is 0 Å². The van der Waals surface area contributed by atoms with E-state index in [9.17, 15) is 9.59 Å². The number of allylic oxidation sites excluding steroid dienone is 1. The summed E-state index contributed by atoms with van der Waals surface area (Å²) >= 11 is 0. The SMILES string of the molecule is CCCCCCC=CC1C(=O)NC(=O)C1(C)CC. The van der Waals surface area contributed by atoms with Gasteiger partial charge in [-0.1, -0.05) is 45.3 Å². The minimum absolute atomic E-state index is 0.129. The molecule has 1 aliphatic rings. The lowest BCUT2D eigenvalue weighted by Gasteiger charge is -2.22. The Balaban J connectivity index is 2.51. The number of unbranched alkanes of at least 4 members (excludes halogenated alkanes) is 4. The minimum atomic E-state index is -0.559. The van der Waals surface area contributed by atoms with Gasteiger partial charge in [-0.2, -0.15) is 0 Å². The first kappa shape index (κ1) is 14.9. The van der Waals surface area contributed by atoms with E-state index in [0.717, 1.165) is 12.8 Å². The van der Waals surface area contributed by atoms with Crippen LogP contribution in [0.2, 0.25) is 0 Å². The second-order valence-corrected chi connectivity index (χ2v) is 5.34. The number of carbonyl (C=O) groups is 2. The molecule has 1 saturated heterocycles. The van der Waals surface area contributed by atoms with Crippen molar-refractivity contribution in [2.24, 2.45) is 11.3 Å². The standard InChI is InChI=1S/C15H25NO2/c1-4-6-7-8-9-10-11-12-13(17)16-14(18)15(12,3)5-2/h10-12H,4-9H2,1-3H3,(H,16,17,18). The molecule has 1 rings (SSSR count). The van der Waals surface area contributed by atoms with Crippen LogP contribution in [0, 0.1) is 11.3 Å². The molecule has 1 fully saturated rings. The molecule has 0 radical (unpaired) electrons. The highest BCUT2D eigenvalue weighted by molar-refractivity contribution is 6.08. The predicted molar refractivity (Wildman–Crippen MR) is 72.9 cm³/mol. The van der Waals surface area contributed by atoms with E-state index in [2.05, 4.69) is 18.3 Å². The molecule has 2 unspecified atom stereocenters. The summed E-state index contributed by atoms with van der Waals surface area (Å²) in [5.74, 6) is -0.564. The summed E-state index contributed by atoms with van der Waals surface area (Å²) in [5.41, 5.74) is -0.559. The van der Waals surface area contributed by atoms with Crippen molar-refractivity contribution in [3.8, 4) is 0 Å². The molecule has 0 aromatic heterocycles. The van der Waals surface area contributed by atoms with Crippen LogP contribution >= 0.6 is 0 Å². The zero-order valence-corrected chi connectivity index (χ0v) is 11.8. The zero-order chi connectivity index (χ0) is 13.6. The van der Waals surface area contributed by atoms with Gasteiger partial charge in [-0.15, -0.1) is 0 Å². The molecule has 3 nitrogen and oxygen atoms in total. The van der Waals surface area contributed by atoms with Crippen LogP contribution in [0.15, 0.2) is 12.2 Å². The maximum absolute atomic E-state index is 11.8. The molecule has 0 spiro atoms. The highest BCUT2D eigenvalue weighted by atomic mass is 16.2. The molecular formula is C15H25NO2. The average molecular weight is 251 g/mol. The first-order valence-electron chi connectivity index (χ1n) is 7.08. The van der Waals surface area contributed by atoms with E-state index in [4.69, 9.17) is 0 Å². The van der Waals surface area contributed by atoms with Crippen molar-refractivity contribution >= 4 is 11.8 Å². The Kier molecular flexibility index (Phi) is 5.57. The topological polar surface area (TPSA) is 46.2 Å². The fourth-order valence-corrected chi connectivity index (χ4v) is 2.36. The van der Waals surface area contributed by atoms with Crippen LogP contribution in [0.3, 0.4) is 0 Å². The number of rotatable bonds is 7. The van der Waals surface area contributed by atoms with Crippen LogP contribution < -0.4 is 5.32 Å². The molecule has 0 aromatic rings. The zero-order valence-electron chi connectivity index (χ0n) is 11.8. The predicted octanol–water partition coefficient (Wildman–Crippen LogP) is 3.20. The Morgan fingerprint density at radius 1 is 1.22 bits per heavy atom. The van der Waals surface area contributed by atoms with Crippen molar-refractivity contribution in [2.45, 2.75) is 59.3 Å². The van der Waals surface area contributed by atoms with E-state index in [1.165, 1.54) is 19.3 Å². The maximum Gasteiger partial charge on any atom is 0.234 e. The molecule has 102 valence electrons. The molecule has 1 N–H and O–H groups in total. The van der Waals surface area contributed by atoms with Crippen molar-refractivity contribution in [1.29, 1.82) is 0 Å². The number of carbonyl (C=O) groups excluding carboxylic acids is 2. The van der Waals surface area contributed by atoms with Gasteiger partial charge in [0, 0.05) is 0 Å². The second-order valence-electron chi connectivity index (χ2n) is 5.34. The molecule has 2 amide bonds. The maximum atomic E-state index is 11.8. The van der Waals surface area contributed by atoms with E-state index >= 15 is 0 Å². The third kappa shape index (κ3) is 3.21. The van der Waals surface area contributed by atoms with Crippen LogP contribution in [0.1, 0.15) is 59.3 Å². The fourth-order valence-electron chi connectivity index (χ4n) is 2.36. The molecule has 0 bridgehead atoms. The monoisotopic (exact) mass is 251 g/mol. The van der Waals surface area contributed by atoms with Crippen molar-refractivity contribution in [2.75, 3.05) is 0 Å². The quantitative estimate of drug-likeness (QED) is 0.429. The van der Waals surface area contributed by atoms with Crippen molar-refractivity contribution in [3.63, 3.8) is 0 Å². The number of hydrogen-bond donors (Lipinski definition) is 1. The van der Waals surface area contributed by atoms with Gasteiger partial charge in [-0.3, -0.25) is 14.9 Å². The fraction of sp³-hybridized carbons (Fsp3) is 0.733. The van der Waals surface area contributed by atoms with Crippen LogP contribution in [0.25, 0.3) is 0 Å². The number of amides is 2. The first-order valence-corrected chi connectivity index (χ1v) is 7.08. The van der Waals surface area contributed by atoms with Crippen LogP contribution in [-0.4, -0.2) is 11.8 Å². The molecule has 1 heterocycles. The van der Waals surface area contributed by atoms with Gasteiger partial charge in [-0.25, -0.2) is 0 Å². The summed E-state index contributed by atoms with van der Waals surface area (Å²) in [6, 6.07) is 0. The van der Waals surface area contributed by atoms with Crippen LogP contribution in [0.5, 0.6) is 0 Å². The first-order chi connectivity index (χ1) is 8.56. The van der Waals surface area contributed by atoms with Crippen molar-refractivity contribution < 1.29 is 9.59 Å². The Labute approximate surface area is 110 Å². The van der Waals surface area contributed by atoms with Crippen LogP contribution in [-0.2, 0) is 9.59 Å². The second kappa shape index (κ2) is 6.72. The summed E-state index contributed by atoms with van der Waals surface area (Å²) in [6.45, 7) is 6.02. The molecule has 2 atom stereocenters. The highest BCUT2D eigenvalue weighted by Crippen LogP contribution is 2.37. The molecule has 0 saturated carbocycles. The lowest BCUT2D eigenvalue weighted by Crippen LogP contribution is -2.30. The molecule has 0 aromatic carbocycles. The summed E-state index contributed by atoms with van der Waals surface area (Å²) in [6.07, 6.45) is 10.6. The Hall–Kier alpha value is -1.12. The smallest absolute Gasteiger partial charge is 0.234 e. The van der Waals surface area contributed by atoms with Gasteiger partial charge < -0.3 is 0 Å². The van der Waals surface area contributed by atoms with Gasteiger partial charge in [0.05, 0.1) is 11.3 Å². The summed E-state index contributed by atoms with van der Waals surface area (Å²) in [5, 5.41) is 2.44. The number of hydrogen-bond acceptors (Lipinski definition) is 2. The van der Waals surface area contributed by atoms with E-state index < -0.39 is 5.41 Å². The van der Waals surface area contributed by atoms with E-state index in [1.807, 2.05) is 19.9 Å². The third-order valence-electron chi connectivity index (χ3n) is 4.01. The molecule has 3 heteroatoms. The lowest BCUT2D eigenvalue weighted by molar-refractivity contribution is -0.128. The molecule has 18 heavy (non-hydrogen) atoms. The van der Waals surface area contributed by atoms with E-state index in [1.54, 1.807) is 0 Å². The van der Waals surface area contributed by atoms with Crippen molar-refractivity contribution in [1.82, 2.24) is 5.32 Å². The Bertz CT molecular complexity index is 335. The molecule has 0 aliphatic carbocycles. The third-order valence-corrected chi connectivity index (χ3v) is 4.01. The Morgan fingerprint density at radius 2 is 1.94 bits per heavy atom. The summed E-state index contributed by atoms with van der Waals surface area (Å²) < 4.78 is 0. The normalized spacial score (nSPS) is 28.1. The van der Waals surface area contributed by atoms with Gasteiger partial charge in [0.25, 0.3) is 0 Å². The van der Waals surface area contributed by atoms with Gasteiger partial charge in [0.15, 0.2) is 0 Å². The van der Waals surface area contributed by atoms with Crippen LogP contribution in [0.4, 0.5) is 0 Å². The van der Waals surface area contributed by atoms with E-state index in [0.29, 0.717) is 6.42 Å². The largest absolute Gasteiger partial charge is 0.295 e. The molecular weight excluding hydrogens is 226 g/mol. The van der Waals surface area contributed by atoms with Gasteiger partial charge in [-0.05, 0) is 26.2 Å². The number of imide groups is 1. The van der Waals surface area contributed by atoms with Crippen molar-refractivity contribution in [3.05, 3.63) is 12.2 Å². The average Bonchev–Trinajstić information content (AvgIpc) is 2.57. The Morgan fingerprint density at radius 3 is 2.56 bits per heavy atom. The van der Waals surface area contributed by atoms with Gasteiger partial charge in [0.2, 0.25) is 11.8 Å².